The van der Waals surface area contributed by atoms with Crippen molar-refractivity contribution >= 4 is 11.6 Å². The van der Waals surface area contributed by atoms with E-state index in [2.05, 4.69) is 17.2 Å². The van der Waals surface area contributed by atoms with Gasteiger partial charge < -0.3 is 15.2 Å². The zero-order valence-corrected chi connectivity index (χ0v) is 11.6. The van der Waals surface area contributed by atoms with Gasteiger partial charge in [-0.25, -0.2) is 0 Å². The van der Waals surface area contributed by atoms with Crippen molar-refractivity contribution in [2.75, 3.05) is 18.5 Å². The number of anilines is 1. The van der Waals surface area contributed by atoms with Crippen LogP contribution in [-0.2, 0) is 9.53 Å². The molecule has 2 rings (SSSR count). The molecule has 1 aliphatic heterocycles. The fraction of sp³-hybridized carbons (Fsp3) is 0.438. The topological polar surface area (TPSA) is 58.6 Å². The fourth-order valence-corrected chi connectivity index (χ4v) is 2.22. The average Bonchev–Trinajstić information content (AvgIpc) is 2.91. The molecule has 0 aliphatic carbocycles. The number of ether oxygens (including phenoxy) is 1. The molecule has 1 unspecified atom stereocenters. The van der Waals surface area contributed by atoms with Crippen LogP contribution in [0.4, 0.5) is 5.69 Å². The van der Waals surface area contributed by atoms with Crippen molar-refractivity contribution in [3.63, 3.8) is 0 Å². The second-order valence-electron chi connectivity index (χ2n) is 4.90. The molecule has 2 N–H and O–H groups in total. The van der Waals surface area contributed by atoms with Crippen LogP contribution in [0.1, 0.15) is 30.4 Å². The molecule has 0 radical (unpaired) electrons. The summed E-state index contributed by atoms with van der Waals surface area (Å²) in [7, 11) is 0. The highest BCUT2D eigenvalue weighted by molar-refractivity contribution is 5.92. The summed E-state index contributed by atoms with van der Waals surface area (Å²) in [5.41, 5.74) is 2.46. The maximum absolute atomic E-state index is 12.0. The lowest BCUT2D eigenvalue weighted by atomic mass is 10.1. The predicted octanol–water partition coefficient (Wildman–Crippen LogP) is 1.85. The van der Waals surface area contributed by atoms with Gasteiger partial charge in [-0.2, -0.15) is 0 Å². The van der Waals surface area contributed by atoms with E-state index in [1.807, 2.05) is 25.1 Å². The molecule has 0 bridgehead atoms. The molecule has 1 amide bonds. The molecule has 1 atom stereocenters. The van der Waals surface area contributed by atoms with Crippen molar-refractivity contribution in [1.29, 1.82) is 0 Å². The molecule has 0 aromatic heterocycles. The first-order valence-electron chi connectivity index (χ1n) is 6.81. The summed E-state index contributed by atoms with van der Waals surface area (Å²) in [6.07, 6.45) is 2.38. The minimum Gasteiger partial charge on any atom is -0.384 e. The number of amides is 1. The second-order valence-corrected chi connectivity index (χ2v) is 4.90. The van der Waals surface area contributed by atoms with Gasteiger partial charge in [0.15, 0.2) is 0 Å². The third-order valence-electron chi connectivity index (χ3n) is 3.19. The number of rotatable bonds is 3. The highest BCUT2D eigenvalue weighted by Crippen LogP contribution is 2.19. The van der Waals surface area contributed by atoms with Crippen molar-refractivity contribution < 1.29 is 14.6 Å². The maximum atomic E-state index is 12.0. The smallest absolute Gasteiger partial charge is 0.227 e. The van der Waals surface area contributed by atoms with Gasteiger partial charge in [0.2, 0.25) is 5.91 Å². The van der Waals surface area contributed by atoms with E-state index in [1.54, 1.807) is 0 Å². The number of carbonyl (C=O) groups is 1. The summed E-state index contributed by atoms with van der Waals surface area (Å²) in [5.74, 6) is 5.40. The number of aryl methyl sites for hydroxylation is 1. The third-order valence-corrected chi connectivity index (χ3v) is 3.19. The van der Waals surface area contributed by atoms with E-state index >= 15 is 0 Å². The summed E-state index contributed by atoms with van der Waals surface area (Å²) in [4.78, 5) is 12.0. The number of carbonyl (C=O) groups excluding carboxylic acids is 1. The Bertz CT molecular complexity index is 536. The van der Waals surface area contributed by atoms with Gasteiger partial charge in [0.1, 0.15) is 6.61 Å². The number of aliphatic hydroxyl groups is 1. The molecule has 1 aliphatic rings. The molecular formula is C16H19NO3. The van der Waals surface area contributed by atoms with Crippen molar-refractivity contribution in [2.45, 2.75) is 32.3 Å². The number of aliphatic hydroxyl groups excluding tert-OH is 1. The van der Waals surface area contributed by atoms with Crippen LogP contribution in [0.15, 0.2) is 18.2 Å². The van der Waals surface area contributed by atoms with Gasteiger partial charge in [0.05, 0.1) is 18.2 Å². The second kappa shape index (κ2) is 7.09. The predicted molar refractivity (Wildman–Crippen MR) is 77.4 cm³/mol. The molecule has 106 valence electrons. The number of benzene rings is 1. The maximum Gasteiger partial charge on any atom is 0.227 e. The average molecular weight is 273 g/mol. The molecule has 1 heterocycles. The van der Waals surface area contributed by atoms with Gasteiger partial charge in [-0.05, 0) is 37.5 Å². The Morgan fingerprint density at radius 1 is 1.55 bits per heavy atom. The molecule has 4 nitrogen and oxygen atoms in total. The first-order valence-corrected chi connectivity index (χ1v) is 6.81. The minimum atomic E-state index is -0.197. The molecule has 1 fully saturated rings. The van der Waals surface area contributed by atoms with Crippen LogP contribution in [0.2, 0.25) is 0 Å². The van der Waals surface area contributed by atoms with Gasteiger partial charge in [0, 0.05) is 12.2 Å². The Kier molecular flexibility index (Phi) is 5.16. The molecule has 4 heteroatoms. The molecule has 1 aromatic rings. The van der Waals surface area contributed by atoms with Crippen molar-refractivity contribution in [2.24, 2.45) is 0 Å². The fourth-order valence-electron chi connectivity index (χ4n) is 2.22. The van der Waals surface area contributed by atoms with Gasteiger partial charge in [-0.15, -0.1) is 0 Å². The lowest BCUT2D eigenvalue weighted by molar-refractivity contribution is -0.118. The molecular weight excluding hydrogens is 254 g/mol. The number of hydrogen-bond acceptors (Lipinski definition) is 3. The molecule has 1 aromatic carbocycles. The Labute approximate surface area is 119 Å². The van der Waals surface area contributed by atoms with Crippen molar-refractivity contribution in [1.82, 2.24) is 0 Å². The summed E-state index contributed by atoms with van der Waals surface area (Å²) >= 11 is 0. The van der Waals surface area contributed by atoms with Crippen LogP contribution in [-0.4, -0.2) is 30.3 Å². The van der Waals surface area contributed by atoms with Crippen LogP contribution in [0, 0.1) is 18.8 Å². The van der Waals surface area contributed by atoms with Crippen molar-refractivity contribution in [3.8, 4) is 11.8 Å². The van der Waals surface area contributed by atoms with E-state index < -0.39 is 0 Å². The van der Waals surface area contributed by atoms with Gasteiger partial charge in [-0.1, -0.05) is 17.9 Å². The standard InChI is InChI=1S/C16H19NO3/c1-12-6-7-15(13(10-12)4-2-8-18)17-16(19)11-14-5-3-9-20-14/h6-7,10,14,18H,3,5,8-9,11H2,1H3,(H,17,19). The normalized spacial score (nSPS) is 17.4. The van der Waals surface area contributed by atoms with E-state index in [9.17, 15) is 4.79 Å². The molecule has 20 heavy (non-hydrogen) atoms. The molecule has 0 saturated carbocycles. The van der Waals surface area contributed by atoms with E-state index in [4.69, 9.17) is 9.84 Å². The largest absolute Gasteiger partial charge is 0.384 e. The lowest BCUT2D eigenvalue weighted by Crippen LogP contribution is -2.19. The SMILES string of the molecule is Cc1ccc(NC(=O)CC2CCCO2)c(C#CCO)c1. The van der Waals surface area contributed by atoms with Gasteiger partial charge in [0.25, 0.3) is 0 Å². The Hall–Kier alpha value is -1.83. The third kappa shape index (κ3) is 4.09. The first-order chi connectivity index (χ1) is 9.69. The van der Waals surface area contributed by atoms with Gasteiger partial charge >= 0.3 is 0 Å². The highest BCUT2D eigenvalue weighted by Gasteiger charge is 2.19. The van der Waals surface area contributed by atoms with Crippen LogP contribution in [0.5, 0.6) is 0 Å². The van der Waals surface area contributed by atoms with E-state index in [0.717, 1.165) is 30.6 Å². The lowest BCUT2D eigenvalue weighted by Gasteiger charge is -2.11. The monoisotopic (exact) mass is 273 g/mol. The van der Waals surface area contributed by atoms with Crippen LogP contribution < -0.4 is 5.32 Å². The Morgan fingerprint density at radius 2 is 2.40 bits per heavy atom. The van der Waals surface area contributed by atoms with Crippen molar-refractivity contribution in [3.05, 3.63) is 29.3 Å². The highest BCUT2D eigenvalue weighted by atomic mass is 16.5. The summed E-state index contributed by atoms with van der Waals surface area (Å²) in [6.45, 7) is 2.51. The number of hydrogen-bond donors (Lipinski definition) is 2. The van der Waals surface area contributed by atoms with Crippen LogP contribution in [0.3, 0.4) is 0 Å². The summed E-state index contributed by atoms with van der Waals surface area (Å²) < 4.78 is 5.45. The van der Waals surface area contributed by atoms with Crippen LogP contribution >= 0.6 is 0 Å². The molecule has 0 spiro atoms. The molecule has 1 saturated heterocycles. The summed E-state index contributed by atoms with van der Waals surface area (Å²) in [6, 6.07) is 5.65. The summed E-state index contributed by atoms with van der Waals surface area (Å²) in [5, 5.41) is 11.7. The zero-order valence-electron chi connectivity index (χ0n) is 11.6. The van der Waals surface area contributed by atoms with Crippen LogP contribution in [0.25, 0.3) is 0 Å². The van der Waals surface area contributed by atoms with Gasteiger partial charge in [-0.3, -0.25) is 4.79 Å². The van der Waals surface area contributed by atoms with E-state index in [-0.39, 0.29) is 18.6 Å². The van der Waals surface area contributed by atoms with E-state index in [0.29, 0.717) is 12.1 Å². The minimum absolute atomic E-state index is 0.0347. The first kappa shape index (κ1) is 14.6. The Morgan fingerprint density at radius 3 is 3.10 bits per heavy atom. The quantitative estimate of drug-likeness (QED) is 0.826. The zero-order chi connectivity index (χ0) is 14.4. The number of nitrogens with one attached hydrogen (secondary N) is 1. The van der Waals surface area contributed by atoms with E-state index in [1.165, 1.54) is 0 Å². The Balaban J connectivity index is 2.05.